The van der Waals surface area contributed by atoms with E-state index < -0.39 is 9.76 Å². The molecule has 0 fully saturated rings. The molecule has 0 saturated carbocycles. The van der Waals surface area contributed by atoms with Crippen LogP contribution in [0.5, 0.6) is 0 Å². The fraction of sp³-hybridized carbons (Fsp3) is 0.273. The monoisotopic (exact) mass is 192 g/mol. The number of aryl methyl sites for hydroxylation is 2. The largest absolute Gasteiger partial charge is 0.415 e. The number of hydrogen-bond acceptors (Lipinski definition) is 1. The van der Waals surface area contributed by atoms with Crippen molar-refractivity contribution >= 4 is 14.9 Å². The molecule has 0 aliphatic rings. The third-order valence-electron chi connectivity index (χ3n) is 1.79. The van der Waals surface area contributed by atoms with Gasteiger partial charge in [0.05, 0.1) is 6.61 Å². The topological polar surface area (TPSA) is 9.23 Å². The molecule has 1 aromatic carbocycles. The quantitative estimate of drug-likeness (QED) is 0.396. The maximum Gasteiger partial charge on any atom is 0.192 e. The van der Waals surface area contributed by atoms with Gasteiger partial charge in [0.25, 0.3) is 0 Å². The highest BCUT2D eigenvalue weighted by atomic mass is 28.2. The molecule has 0 bridgehead atoms. The predicted molar refractivity (Wildman–Crippen MR) is 60.2 cm³/mol. The van der Waals surface area contributed by atoms with Crippen molar-refractivity contribution in [2.24, 2.45) is 0 Å². The summed E-state index contributed by atoms with van der Waals surface area (Å²) in [4.78, 5) is 0. The molecule has 0 N–H and O–H groups in total. The lowest BCUT2D eigenvalue weighted by molar-refractivity contribution is 0.393. The van der Waals surface area contributed by atoms with Gasteiger partial charge in [-0.25, -0.2) is 0 Å². The van der Waals surface area contributed by atoms with Gasteiger partial charge in [-0.05, 0) is 19.0 Å². The van der Waals surface area contributed by atoms with E-state index in [9.17, 15) is 0 Å². The number of rotatable bonds is 4. The van der Waals surface area contributed by atoms with Gasteiger partial charge in [0, 0.05) is 0 Å². The summed E-state index contributed by atoms with van der Waals surface area (Å²) in [5.41, 5.74) is 2.65. The lowest BCUT2D eigenvalue weighted by Crippen LogP contribution is -2.18. The average Bonchev–Trinajstić information content (AvgIpc) is 2.03. The molecule has 0 atom stereocenters. The molecule has 1 nitrogen and oxygen atoms in total. The fourth-order valence-electron chi connectivity index (χ4n) is 1.41. The zero-order valence-electron chi connectivity index (χ0n) is 8.34. The summed E-state index contributed by atoms with van der Waals surface area (Å²) in [5, 5.41) is 1.37. The van der Waals surface area contributed by atoms with Crippen molar-refractivity contribution in [1.82, 2.24) is 0 Å². The molecule has 0 heterocycles. The molecule has 2 heteroatoms. The molecule has 0 unspecified atom stereocenters. The normalized spacial score (nSPS) is 10.9. The molecule has 1 aromatic rings. The first-order valence-electron chi connectivity index (χ1n) is 4.48. The third kappa shape index (κ3) is 3.57. The van der Waals surface area contributed by atoms with Crippen LogP contribution in [-0.4, -0.2) is 16.4 Å². The smallest absolute Gasteiger partial charge is 0.192 e. The highest BCUT2D eigenvalue weighted by Gasteiger charge is 1.96. The van der Waals surface area contributed by atoms with E-state index in [1.54, 1.807) is 6.08 Å². The Morgan fingerprint density at radius 1 is 1.31 bits per heavy atom. The van der Waals surface area contributed by atoms with Crippen molar-refractivity contribution < 1.29 is 4.43 Å². The van der Waals surface area contributed by atoms with Crippen molar-refractivity contribution in [2.45, 2.75) is 13.8 Å². The first-order chi connectivity index (χ1) is 6.22. The Morgan fingerprint density at radius 3 is 2.46 bits per heavy atom. The Labute approximate surface area is 82.4 Å². The Kier molecular flexibility index (Phi) is 3.93. The predicted octanol–water partition coefficient (Wildman–Crippen LogP) is 1.22. The Bertz CT molecular complexity index is 274. The summed E-state index contributed by atoms with van der Waals surface area (Å²) < 4.78 is 5.50. The van der Waals surface area contributed by atoms with Crippen molar-refractivity contribution in [2.75, 3.05) is 6.61 Å². The molecule has 0 aliphatic heterocycles. The van der Waals surface area contributed by atoms with Gasteiger partial charge in [0.15, 0.2) is 9.76 Å². The van der Waals surface area contributed by atoms with Gasteiger partial charge in [-0.2, -0.15) is 0 Å². The van der Waals surface area contributed by atoms with Crippen molar-refractivity contribution in [1.29, 1.82) is 0 Å². The van der Waals surface area contributed by atoms with Crippen LogP contribution in [0.2, 0.25) is 0 Å². The molecule has 1 rings (SSSR count). The fourth-order valence-corrected chi connectivity index (χ4v) is 2.74. The minimum absolute atomic E-state index is 0.536. The molecule has 0 saturated heterocycles. The summed E-state index contributed by atoms with van der Waals surface area (Å²) in [6.07, 6.45) is 1.80. The maximum atomic E-state index is 5.50. The van der Waals surface area contributed by atoms with E-state index >= 15 is 0 Å². The summed E-state index contributed by atoms with van der Waals surface area (Å²) >= 11 is 0. The van der Waals surface area contributed by atoms with Gasteiger partial charge in [-0.1, -0.05) is 35.4 Å². The van der Waals surface area contributed by atoms with E-state index in [2.05, 4.69) is 38.6 Å². The van der Waals surface area contributed by atoms with Crippen LogP contribution in [0.3, 0.4) is 0 Å². The first kappa shape index (κ1) is 10.2. The first-order valence-corrected chi connectivity index (χ1v) is 5.76. The van der Waals surface area contributed by atoms with Crippen LogP contribution in [0.15, 0.2) is 30.9 Å². The van der Waals surface area contributed by atoms with Gasteiger partial charge in [0.2, 0.25) is 0 Å². The summed E-state index contributed by atoms with van der Waals surface area (Å²) in [7, 11) is -0.536. The van der Waals surface area contributed by atoms with Gasteiger partial charge < -0.3 is 4.43 Å². The Hall–Kier alpha value is -0.863. The molecule has 0 aromatic heterocycles. The number of hydrogen-bond donors (Lipinski definition) is 0. The second kappa shape index (κ2) is 4.99. The van der Waals surface area contributed by atoms with E-state index in [0.717, 1.165) is 0 Å². The Morgan fingerprint density at radius 2 is 1.92 bits per heavy atom. The van der Waals surface area contributed by atoms with Crippen LogP contribution in [0, 0.1) is 13.8 Å². The molecule has 0 spiro atoms. The van der Waals surface area contributed by atoms with E-state index in [4.69, 9.17) is 4.43 Å². The molecular formula is C11H16OSi. The van der Waals surface area contributed by atoms with Crippen LogP contribution in [0.25, 0.3) is 0 Å². The minimum Gasteiger partial charge on any atom is -0.415 e. The summed E-state index contributed by atoms with van der Waals surface area (Å²) in [6.45, 7) is 8.55. The zero-order valence-corrected chi connectivity index (χ0v) is 9.75. The molecule has 70 valence electrons. The van der Waals surface area contributed by atoms with E-state index in [1.807, 2.05) is 0 Å². The van der Waals surface area contributed by atoms with Crippen LogP contribution in [-0.2, 0) is 4.43 Å². The van der Waals surface area contributed by atoms with Crippen LogP contribution in [0.1, 0.15) is 11.1 Å². The maximum absolute atomic E-state index is 5.50. The van der Waals surface area contributed by atoms with Crippen molar-refractivity contribution in [3.8, 4) is 0 Å². The van der Waals surface area contributed by atoms with E-state index in [-0.39, 0.29) is 0 Å². The van der Waals surface area contributed by atoms with Gasteiger partial charge >= 0.3 is 0 Å². The molecule has 0 radical (unpaired) electrons. The molecule has 13 heavy (non-hydrogen) atoms. The minimum atomic E-state index is -0.536. The SMILES string of the molecule is C=CCO[SiH2]c1cc(C)cc(C)c1. The van der Waals surface area contributed by atoms with Crippen molar-refractivity contribution in [3.05, 3.63) is 42.0 Å². The van der Waals surface area contributed by atoms with Gasteiger partial charge in [0.1, 0.15) is 0 Å². The van der Waals surface area contributed by atoms with E-state index in [0.29, 0.717) is 6.61 Å². The summed E-state index contributed by atoms with van der Waals surface area (Å²) in [5.74, 6) is 0. The Balaban J connectivity index is 2.60. The summed E-state index contributed by atoms with van der Waals surface area (Å²) in [6, 6.07) is 6.61. The lowest BCUT2D eigenvalue weighted by atomic mass is 10.2. The highest BCUT2D eigenvalue weighted by Crippen LogP contribution is 1.99. The number of benzene rings is 1. The molecular weight excluding hydrogens is 176 g/mol. The molecule has 0 amide bonds. The lowest BCUT2D eigenvalue weighted by Gasteiger charge is -2.04. The van der Waals surface area contributed by atoms with Gasteiger partial charge in [-0.15, -0.1) is 6.58 Å². The van der Waals surface area contributed by atoms with Crippen molar-refractivity contribution in [3.63, 3.8) is 0 Å². The van der Waals surface area contributed by atoms with Crippen LogP contribution in [0.4, 0.5) is 0 Å². The highest BCUT2D eigenvalue weighted by molar-refractivity contribution is 6.47. The zero-order chi connectivity index (χ0) is 9.68. The second-order valence-electron chi connectivity index (χ2n) is 3.30. The average molecular weight is 192 g/mol. The standard InChI is InChI=1S/C11H16OSi/c1-4-5-12-13-11-7-9(2)6-10(3)8-11/h4,6-8H,1,5,13H2,2-3H3. The van der Waals surface area contributed by atoms with Crippen LogP contribution >= 0.6 is 0 Å². The van der Waals surface area contributed by atoms with Gasteiger partial charge in [-0.3, -0.25) is 0 Å². The molecule has 0 aliphatic carbocycles. The second-order valence-corrected chi connectivity index (χ2v) is 4.81. The van der Waals surface area contributed by atoms with Crippen LogP contribution < -0.4 is 5.19 Å². The third-order valence-corrected chi connectivity index (χ3v) is 2.97. The van der Waals surface area contributed by atoms with E-state index in [1.165, 1.54) is 16.3 Å².